The number of aliphatic hydroxyl groups excluding tert-OH is 1. The largest absolute Gasteiger partial charge is 0.481 e. The molecule has 0 aliphatic rings. The highest BCUT2D eigenvalue weighted by Gasteiger charge is 2.34. The Labute approximate surface area is 377 Å². The topological polar surface area (TPSA) is 417 Å². The Bertz CT molecular complexity index is 1680. The average molecular weight is 931 g/mol. The van der Waals surface area contributed by atoms with Crippen LogP contribution in [0.15, 0.2) is 0 Å². The van der Waals surface area contributed by atoms with Gasteiger partial charge in [0.15, 0.2) is 0 Å². The maximum atomic E-state index is 13.5. The summed E-state index contributed by atoms with van der Waals surface area (Å²) in [4.78, 5) is 139. The number of carbonyl (C=O) groups excluding carboxylic acids is 8. The highest BCUT2D eigenvalue weighted by molar-refractivity contribution is 5.98. The number of nitrogens with two attached hydrogens (primary N) is 2. The summed E-state index contributed by atoms with van der Waals surface area (Å²) < 4.78 is 0. The zero-order valence-corrected chi connectivity index (χ0v) is 38.2. The number of carboxylic acids is 3. The summed E-state index contributed by atoms with van der Waals surface area (Å²) in [6, 6.07) is -12.6. The molecule has 370 valence electrons. The summed E-state index contributed by atoms with van der Waals surface area (Å²) in [5, 5.41) is 57.1. The molecule has 0 spiro atoms. The van der Waals surface area contributed by atoms with Crippen molar-refractivity contribution < 1.29 is 73.2 Å². The first-order valence-electron chi connectivity index (χ1n) is 21.3. The van der Waals surface area contributed by atoms with Crippen molar-refractivity contribution in [3.63, 3.8) is 0 Å². The molecule has 25 nitrogen and oxygen atoms in total. The third-order valence-electron chi connectivity index (χ3n) is 9.57. The monoisotopic (exact) mass is 931 g/mol. The first kappa shape index (κ1) is 59.0. The Kier molecular flexibility index (Phi) is 26.8. The molecule has 0 heterocycles. The number of nitrogens with one attached hydrogen (secondary N) is 8. The molecule has 0 bridgehead atoms. The molecule has 0 aromatic rings. The molecule has 10 atom stereocenters. The lowest BCUT2D eigenvalue weighted by Gasteiger charge is -2.27. The number of hydrogen-bond acceptors (Lipinski definition) is 14. The van der Waals surface area contributed by atoms with E-state index in [2.05, 4.69) is 42.5 Å². The van der Waals surface area contributed by atoms with Gasteiger partial charge in [-0.1, -0.05) is 27.7 Å². The number of rotatable bonds is 31. The van der Waals surface area contributed by atoms with Crippen LogP contribution in [0.4, 0.5) is 0 Å². The van der Waals surface area contributed by atoms with Crippen LogP contribution in [0.3, 0.4) is 0 Å². The van der Waals surface area contributed by atoms with Gasteiger partial charge in [0.05, 0.1) is 18.6 Å². The van der Waals surface area contributed by atoms with Gasteiger partial charge in [0.25, 0.3) is 0 Å². The van der Waals surface area contributed by atoms with E-state index in [9.17, 15) is 68.1 Å². The maximum absolute atomic E-state index is 13.5. The lowest BCUT2D eigenvalue weighted by Crippen LogP contribution is -2.61. The standard InChI is InChI=1S/C40H70N10O15/c1-18(2)15-27(38(62)49-28(40(64)65)16-19(3)4)48-37(61)26(12-13-29(52)53)46-33(57)21(6)43-32(56)20(5)45-36(60)25(11-9-10-14-41)47-39(63)31(23(8)51)50-34(58)22(7)44-35(59)24(42)17-30(54)55/h18-28,31,51H,9-17,41-42H2,1-8H3,(H,43,56)(H,44,59)(H,45,60)(H,46,57)(H,47,63)(H,48,61)(H,49,62)(H,50,58)(H,52,53)(H,54,55)(H,64,65)/t20-,21-,22-,23+,24-,25-,26-,27-,28-,31-/m0/s1. The van der Waals surface area contributed by atoms with Crippen molar-refractivity contribution in [1.82, 2.24) is 42.5 Å². The fourth-order valence-electron chi connectivity index (χ4n) is 5.93. The highest BCUT2D eigenvalue weighted by atomic mass is 16.4. The minimum Gasteiger partial charge on any atom is -0.481 e. The fraction of sp³-hybridized carbons (Fsp3) is 0.725. The smallest absolute Gasteiger partial charge is 0.326 e. The average Bonchev–Trinajstić information content (AvgIpc) is 3.18. The Balaban J connectivity index is 5.95. The number of carboxylic acid groups (broad SMARTS) is 3. The maximum Gasteiger partial charge on any atom is 0.326 e. The molecule has 0 aromatic carbocycles. The van der Waals surface area contributed by atoms with Crippen LogP contribution >= 0.6 is 0 Å². The molecule has 0 saturated carbocycles. The van der Waals surface area contributed by atoms with E-state index in [1.807, 2.05) is 0 Å². The van der Waals surface area contributed by atoms with Crippen LogP contribution in [0.1, 0.15) is 107 Å². The van der Waals surface area contributed by atoms with Crippen molar-refractivity contribution >= 4 is 65.2 Å². The minimum atomic E-state index is -1.67. The number of unbranched alkanes of at least 4 members (excludes halogenated alkanes) is 1. The van der Waals surface area contributed by atoms with Gasteiger partial charge in [-0.2, -0.15) is 0 Å². The Morgan fingerprint density at radius 1 is 0.462 bits per heavy atom. The molecule has 25 heteroatoms. The highest BCUT2D eigenvalue weighted by Crippen LogP contribution is 2.11. The van der Waals surface area contributed by atoms with Crippen LogP contribution in [0.2, 0.25) is 0 Å². The predicted molar refractivity (Wildman–Crippen MR) is 231 cm³/mol. The number of hydrogen-bond donors (Lipinski definition) is 14. The van der Waals surface area contributed by atoms with Gasteiger partial charge in [-0.3, -0.25) is 47.9 Å². The first-order valence-corrected chi connectivity index (χ1v) is 21.3. The van der Waals surface area contributed by atoms with Crippen molar-refractivity contribution in [3.8, 4) is 0 Å². The lowest BCUT2D eigenvalue weighted by atomic mass is 10.00. The Hall–Kier alpha value is -5.95. The van der Waals surface area contributed by atoms with E-state index in [4.69, 9.17) is 16.6 Å². The van der Waals surface area contributed by atoms with Gasteiger partial charge in [0.1, 0.15) is 48.3 Å². The molecule has 8 amide bonds. The van der Waals surface area contributed by atoms with E-state index < -0.39 is 145 Å². The van der Waals surface area contributed by atoms with Crippen molar-refractivity contribution in [2.75, 3.05) is 6.54 Å². The van der Waals surface area contributed by atoms with Crippen molar-refractivity contribution in [3.05, 3.63) is 0 Å². The number of aliphatic carboxylic acids is 3. The zero-order valence-electron chi connectivity index (χ0n) is 38.2. The predicted octanol–water partition coefficient (Wildman–Crippen LogP) is -3.72. The van der Waals surface area contributed by atoms with Gasteiger partial charge < -0.3 is 74.4 Å². The van der Waals surface area contributed by atoms with Crippen molar-refractivity contribution in [1.29, 1.82) is 0 Å². The van der Waals surface area contributed by atoms with Gasteiger partial charge in [0, 0.05) is 6.42 Å². The zero-order chi connectivity index (χ0) is 50.3. The van der Waals surface area contributed by atoms with E-state index in [0.717, 1.165) is 0 Å². The third-order valence-corrected chi connectivity index (χ3v) is 9.57. The molecular formula is C40H70N10O15. The van der Waals surface area contributed by atoms with Crippen LogP contribution in [0.5, 0.6) is 0 Å². The minimum absolute atomic E-state index is 0.0200. The molecule has 0 saturated heterocycles. The van der Waals surface area contributed by atoms with E-state index in [1.165, 1.54) is 27.7 Å². The molecule has 0 aliphatic heterocycles. The Morgan fingerprint density at radius 3 is 1.34 bits per heavy atom. The van der Waals surface area contributed by atoms with Crippen LogP contribution in [-0.4, -0.2) is 153 Å². The second kappa shape index (κ2) is 29.5. The normalized spacial score (nSPS) is 15.8. The molecule has 0 aromatic heterocycles. The number of carbonyl (C=O) groups is 11. The number of aliphatic hydroxyl groups is 1. The third kappa shape index (κ3) is 23.5. The second-order valence-electron chi connectivity index (χ2n) is 16.7. The number of amides is 8. The van der Waals surface area contributed by atoms with E-state index in [0.29, 0.717) is 12.8 Å². The van der Waals surface area contributed by atoms with Crippen molar-refractivity contribution in [2.24, 2.45) is 23.3 Å². The molecule has 0 radical (unpaired) electrons. The summed E-state index contributed by atoms with van der Waals surface area (Å²) in [7, 11) is 0. The first-order chi connectivity index (χ1) is 30.1. The summed E-state index contributed by atoms with van der Waals surface area (Å²) in [5.41, 5.74) is 11.1. The molecule has 0 fully saturated rings. The van der Waals surface area contributed by atoms with Gasteiger partial charge in [-0.25, -0.2) is 4.79 Å². The van der Waals surface area contributed by atoms with Gasteiger partial charge >= 0.3 is 17.9 Å². The van der Waals surface area contributed by atoms with E-state index in [1.54, 1.807) is 27.7 Å². The van der Waals surface area contributed by atoms with Gasteiger partial charge in [-0.15, -0.1) is 0 Å². The molecule has 0 aliphatic carbocycles. The summed E-state index contributed by atoms with van der Waals surface area (Å²) >= 11 is 0. The molecular weight excluding hydrogens is 860 g/mol. The lowest BCUT2D eigenvalue weighted by molar-refractivity contribution is -0.143. The molecule has 65 heavy (non-hydrogen) atoms. The van der Waals surface area contributed by atoms with Gasteiger partial charge in [-0.05, 0) is 84.6 Å². The quantitative estimate of drug-likeness (QED) is 0.0297. The van der Waals surface area contributed by atoms with Crippen LogP contribution < -0.4 is 54.0 Å². The second-order valence-corrected chi connectivity index (χ2v) is 16.7. The molecule has 0 rings (SSSR count). The fourth-order valence-corrected chi connectivity index (χ4v) is 5.93. The van der Waals surface area contributed by atoms with Gasteiger partial charge in [0.2, 0.25) is 47.3 Å². The van der Waals surface area contributed by atoms with Crippen LogP contribution in [0, 0.1) is 11.8 Å². The summed E-state index contributed by atoms with van der Waals surface area (Å²) in [5.74, 6) is -11.7. The van der Waals surface area contributed by atoms with E-state index in [-0.39, 0.29) is 37.6 Å². The SMILES string of the molecule is CC(C)C[C@H](NC(=O)[C@H](CC(C)C)NC(=O)[C@H](CCC(=O)O)NC(=O)[C@H](C)NC(=O)[C@H](C)NC(=O)[C@H](CCCCN)NC(=O)[C@@H](NC(=O)[C@H](C)NC(=O)[C@@H](N)CC(=O)O)[C@@H](C)O)C(=O)O. The van der Waals surface area contributed by atoms with E-state index >= 15 is 0 Å². The molecule has 16 N–H and O–H groups in total. The summed E-state index contributed by atoms with van der Waals surface area (Å²) in [6.07, 6.45) is -2.42. The summed E-state index contributed by atoms with van der Waals surface area (Å²) in [6.45, 7) is 12.1. The molecule has 0 unspecified atom stereocenters. The Morgan fingerprint density at radius 2 is 0.862 bits per heavy atom. The van der Waals surface area contributed by atoms with Crippen molar-refractivity contribution in [2.45, 2.75) is 167 Å². The van der Waals surface area contributed by atoms with Crippen LogP contribution in [-0.2, 0) is 52.7 Å². The van der Waals surface area contributed by atoms with Crippen LogP contribution in [0.25, 0.3) is 0 Å².